The summed E-state index contributed by atoms with van der Waals surface area (Å²) in [5.74, 6) is 0. The van der Waals surface area contributed by atoms with E-state index in [0.29, 0.717) is 0 Å². The van der Waals surface area contributed by atoms with Crippen molar-refractivity contribution in [3.63, 3.8) is 0 Å². The number of furan rings is 1. The molecule has 10 aromatic rings. The second kappa shape index (κ2) is 13.5. The van der Waals surface area contributed by atoms with Crippen molar-refractivity contribution in [2.45, 2.75) is 0 Å². The number of para-hydroxylation sites is 1. The van der Waals surface area contributed by atoms with Crippen molar-refractivity contribution in [1.29, 1.82) is 0 Å². The zero-order valence-corrected chi connectivity index (χ0v) is 32.2. The number of rotatable bonds is 7. The Morgan fingerprint density at radius 1 is 0.351 bits per heavy atom. The van der Waals surface area contributed by atoms with Crippen molar-refractivity contribution in [3.8, 4) is 33.4 Å². The van der Waals surface area contributed by atoms with Crippen molar-refractivity contribution < 1.29 is 4.42 Å². The van der Waals surface area contributed by atoms with Crippen LogP contribution in [0.3, 0.4) is 0 Å². The topological polar surface area (TPSA) is 16.4 Å². The average Bonchev–Trinajstić information content (AvgIpc) is 3.82. The van der Waals surface area contributed by atoms with Gasteiger partial charge >= 0.3 is 0 Å². The van der Waals surface area contributed by atoms with Gasteiger partial charge in [-0.3, -0.25) is 0 Å². The van der Waals surface area contributed by atoms with Gasteiger partial charge in [0.1, 0.15) is 11.2 Å². The maximum Gasteiger partial charge on any atom is 0.181 e. The van der Waals surface area contributed by atoms with Gasteiger partial charge < -0.3 is 9.32 Å². The third-order valence-electron chi connectivity index (χ3n) is 11.7. The molecule has 0 N–H and O–H groups in total. The quantitative estimate of drug-likeness (QED) is 0.151. The van der Waals surface area contributed by atoms with Crippen LogP contribution in [0.1, 0.15) is 0 Å². The minimum absolute atomic E-state index is 0.918. The molecule has 2 nitrogen and oxygen atoms in total. The fraction of sp³-hybridized carbons (Fsp3) is 0. The third-order valence-corrected chi connectivity index (χ3v) is 16.6. The van der Waals surface area contributed by atoms with Crippen LogP contribution in [-0.2, 0) is 0 Å². The van der Waals surface area contributed by atoms with Crippen molar-refractivity contribution in [1.82, 2.24) is 0 Å². The van der Waals surface area contributed by atoms with Crippen LogP contribution in [0.2, 0.25) is 0 Å². The van der Waals surface area contributed by atoms with Gasteiger partial charge in [0.15, 0.2) is 8.07 Å². The summed E-state index contributed by atoms with van der Waals surface area (Å²) in [5.41, 5.74) is 12.4. The van der Waals surface area contributed by atoms with E-state index in [9.17, 15) is 0 Å². The Labute approximate surface area is 333 Å². The molecule has 2 heterocycles. The van der Waals surface area contributed by atoms with Gasteiger partial charge in [0.2, 0.25) is 0 Å². The second-order valence-corrected chi connectivity index (χ2v) is 18.6. The molecule has 0 aliphatic carbocycles. The van der Waals surface area contributed by atoms with E-state index in [4.69, 9.17) is 4.42 Å². The highest BCUT2D eigenvalue weighted by Crippen LogP contribution is 2.42. The maximum absolute atomic E-state index is 6.85. The van der Waals surface area contributed by atoms with Gasteiger partial charge in [-0.1, -0.05) is 182 Å². The van der Waals surface area contributed by atoms with Gasteiger partial charge in [-0.2, -0.15) is 0 Å². The minimum Gasteiger partial charge on any atom is -0.455 e. The van der Waals surface area contributed by atoms with E-state index >= 15 is 0 Å². The standard InChI is InChI=1S/C54H37NOSi/c1-5-16-38(17-6-1)40-28-30-42(31-29-40)55(43-21-15-20-41(36-43)39-18-7-2-8-19-39)44-32-33-49-52(37-44)57(45-22-9-3-10-23-45,46-24-11-4-12-25-46)51-35-34-48-47-26-13-14-27-50(47)56-54(48)53(49)51/h1-37H. The zero-order chi connectivity index (χ0) is 37.8. The molecule has 3 heteroatoms. The van der Waals surface area contributed by atoms with Crippen molar-refractivity contribution >= 4 is 67.8 Å². The molecule has 9 aromatic carbocycles. The summed E-state index contributed by atoms with van der Waals surface area (Å²) in [5, 5.41) is 7.75. The fourth-order valence-corrected chi connectivity index (χ4v) is 14.4. The Morgan fingerprint density at radius 2 is 0.895 bits per heavy atom. The van der Waals surface area contributed by atoms with Crippen molar-refractivity contribution in [2.75, 3.05) is 4.90 Å². The molecule has 0 fully saturated rings. The smallest absolute Gasteiger partial charge is 0.181 e. The molecule has 0 atom stereocenters. The molecule has 0 saturated carbocycles. The lowest BCUT2D eigenvalue weighted by Crippen LogP contribution is -2.72. The summed E-state index contributed by atoms with van der Waals surface area (Å²) in [6.45, 7) is 0. The lowest BCUT2D eigenvalue weighted by Gasteiger charge is -2.33. The van der Waals surface area contributed by atoms with Gasteiger partial charge in [0.05, 0.1) is 0 Å². The van der Waals surface area contributed by atoms with E-state index in [2.05, 4.69) is 229 Å². The van der Waals surface area contributed by atoms with Crippen molar-refractivity contribution in [3.05, 3.63) is 224 Å². The Bertz CT molecular complexity index is 3010. The molecule has 57 heavy (non-hydrogen) atoms. The Morgan fingerprint density at radius 3 is 1.58 bits per heavy atom. The molecule has 0 radical (unpaired) electrons. The number of nitrogens with zero attached hydrogens (tertiary/aromatic N) is 1. The number of hydrogen-bond acceptors (Lipinski definition) is 2. The van der Waals surface area contributed by atoms with E-state index in [1.165, 1.54) is 54.1 Å². The molecule has 1 aliphatic rings. The maximum atomic E-state index is 6.85. The summed E-state index contributed by atoms with van der Waals surface area (Å²) in [6, 6.07) is 82.0. The molecule has 0 bridgehead atoms. The first-order chi connectivity index (χ1) is 28.3. The first-order valence-electron chi connectivity index (χ1n) is 19.6. The Balaban J connectivity index is 1.19. The fourth-order valence-electron chi connectivity index (χ4n) is 9.21. The molecular weight excluding hydrogens is 707 g/mol. The van der Waals surface area contributed by atoms with Crippen LogP contribution in [0, 0.1) is 0 Å². The molecule has 1 aliphatic heterocycles. The molecule has 1 aromatic heterocycles. The van der Waals surface area contributed by atoms with E-state index in [0.717, 1.165) is 39.0 Å². The molecular formula is C54H37NOSi. The van der Waals surface area contributed by atoms with Crippen LogP contribution in [-0.4, -0.2) is 8.07 Å². The van der Waals surface area contributed by atoms with Gasteiger partial charge in [-0.15, -0.1) is 0 Å². The van der Waals surface area contributed by atoms with Crippen molar-refractivity contribution in [2.24, 2.45) is 0 Å². The van der Waals surface area contributed by atoms with Crippen LogP contribution < -0.4 is 25.6 Å². The second-order valence-electron chi connectivity index (χ2n) is 14.8. The predicted molar refractivity (Wildman–Crippen MR) is 242 cm³/mol. The highest BCUT2D eigenvalue weighted by molar-refractivity contribution is 7.22. The summed E-state index contributed by atoms with van der Waals surface area (Å²) in [4.78, 5) is 2.43. The van der Waals surface area contributed by atoms with Gasteiger partial charge in [0, 0.05) is 33.4 Å². The number of benzene rings is 9. The number of fused-ring (bicyclic) bond motifs is 7. The van der Waals surface area contributed by atoms with E-state index in [1.807, 2.05) is 0 Å². The zero-order valence-electron chi connectivity index (χ0n) is 31.2. The Kier molecular flexibility index (Phi) is 7.87. The highest BCUT2D eigenvalue weighted by Gasteiger charge is 2.50. The predicted octanol–water partition coefficient (Wildman–Crippen LogP) is 11.7. The first kappa shape index (κ1) is 33.2. The van der Waals surface area contributed by atoms with E-state index in [1.54, 1.807) is 0 Å². The number of hydrogen-bond donors (Lipinski definition) is 0. The summed E-state index contributed by atoms with van der Waals surface area (Å²) < 4.78 is 6.85. The summed E-state index contributed by atoms with van der Waals surface area (Å²) in [6.07, 6.45) is 0. The molecule has 0 amide bonds. The van der Waals surface area contributed by atoms with Gasteiger partial charge in [-0.25, -0.2) is 0 Å². The lowest BCUT2D eigenvalue weighted by molar-refractivity contribution is 0.670. The van der Waals surface area contributed by atoms with Crippen LogP contribution in [0.5, 0.6) is 0 Å². The van der Waals surface area contributed by atoms with Crippen LogP contribution in [0.4, 0.5) is 17.1 Å². The van der Waals surface area contributed by atoms with E-state index in [-0.39, 0.29) is 0 Å². The number of anilines is 3. The molecule has 0 saturated heterocycles. The Hall–Kier alpha value is -7.20. The first-order valence-corrected chi connectivity index (χ1v) is 21.6. The summed E-state index contributed by atoms with van der Waals surface area (Å²) in [7, 11) is -2.87. The largest absolute Gasteiger partial charge is 0.455 e. The monoisotopic (exact) mass is 743 g/mol. The molecule has 268 valence electrons. The molecule has 11 rings (SSSR count). The molecule has 0 spiro atoms. The average molecular weight is 744 g/mol. The van der Waals surface area contributed by atoms with Gasteiger partial charge in [-0.05, 0) is 91.0 Å². The normalized spacial score (nSPS) is 12.7. The lowest BCUT2D eigenvalue weighted by atomic mass is 10.0. The molecule has 0 unspecified atom stereocenters. The summed E-state index contributed by atoms with van der Waals surface area (Å²) >= 11 is 0. The van der Waals surface area contributed by atoms with Crippen LogP contribution in [0.25, 0.3) is 55.3 Å². The van der Waals surface area contributed by atoms with E-state index < -0.39 is 8.07 Å². The highest BCUT2D eigenvalue weighted by atomic mass is 28.3. The van der Waals surface area contributed by atoms with Gasteiger partial charge in [0.25, 0.3) is 0 Å². The van der Waals surface area contributed by atoms with Crippen LogP contribution >= 0.6 is 0 Å². The SMILES string of the molecule is c1ccc(-c2ccc(N(c3cccc(-c4ccccc4)c3)c3ccc4c(c3)[Si](c3ccccc3)(c3ccccc3)c3ccc5c(oc6ccccc65)c3-4)cc2)cc1. The minimum atomic E-state index is -2.87. The third kappa shape index (κ3) is 5.31. The van der Waals surface area contributed by atoms with Crippen LogP contribution in [0.15, 0.2) is 229 Å².